The van der Waals surface area contributed by atoms with Crippen LogP contribution in [0.15, 0.2) is 36.4 Å². The molecular weight excluding hydrogens is 320 g/mol. The molecule has 0 aliphatic carbocycles. The third-order valence-electron chi connectivity index (χ3n) is 3.84. The highest BCUT2D eigenvalue weighted by atomic mass is 16.7. The van der Waals surface area contributed by atoms with Crippen LogP contribution in [0.2, 0.25) is 0 Å². The summed E-state index contributed by atoms with van der Waals surface area (Å²) in [4.78, 5) is 28.4. The number of anilines is 1. The van der Waals surface area contributed by atoms with Crippen molar-refractivity contribution >= 4 is 12.0 Å². The number of hydrogen-bond donors (Lipinski definition) is 0. The Morgan fingerprint density at radius 2 is 1.84 bits per heavy atom. The van der Waals surface area contributed by atoms with Gasteiger partial charge in [-0.05, 0) is 25.5 Å². The lowest BCUT2D eigenvalue weighted by Gasteiger charge is -2.20. The third kappa shape index (κ3) is 4.67. The van der Waals surface area contributed by atoms with Gasteiger partial charge in [0.1, 0.15) is 6.61 Å². The van der Waals surface area contributed by atoms with Crippen molar-refractivity contribution < 1.29 is 14.4 Å². The molecule has 1 aliphatic rings. The maximum absolute atomic E-state index is 12.3. The average Bonchev–Trinajstić information content (AvgIpc) is 2.86. The molecule has 1 aromatic carbocycles. The number of benzene rings is 1. The van der Waals surface area contributed by atoms with Crippen LogP contribution < -0.4 is 5.06 Å². The van der Waals surface area contributed by atoms with Gasteiger partial charge in [0.05, 0.1) is 19.7 Å². The largest absolute Gasteiger partial charge is 0.445 e. The van der Waals surface area contributed by atoms with Crippen molar-refractivity contribution in [2.45, 2.75) is 20.5 Å². The summed E-state index contributed by atoms with van der Waals surface area (Å²) in [5, 5.41) is 1.64. The van der Waals surface area contributed by atoms with E-state index in [2.05, 4.69) is 9.97 Å². The molecular formula is C18H22N4O3. The molecule has 7 nitrogen and oxygen atoms in total. The van der Waals surface area contributed by atoms with E-state index in [0.29, 0.717) is 32.2 Å². The van der Waals surface area contributed by atoms with Crippen LogP contribution in [0, 0.1) is 13.8 Å². The van der Waals surface area contributed by atoms with Crippen molar-refractivity contribution in [1.82, 2.24) is 14.9 Å². The van der Waals surface area contributed by atoms with Crippen LogP contribution >= 0.6 is 0 Å². The van der Waals surface area contributed by atoms with Gasteiger partial charge in [0.15, 0.2) is 0 Å². The molecule has 2 aromatic rings. The molecule has 0 bridgehead atoms. The molecule has 2 heterocycles. The van der Waals surface area contributed by atoms with E-state index in [1.165, 1.54) is 0 Å². The van der Waals surface area contributed by atoms with Crippen LogP contribution in [0.1, 0.15) is 17.0 Å². The van der Waals surface area contributed by atoms with E-state index < -0.39 is 0 Å². The lowest BCUT2D eigenvalue weighted by atomic mass is 10.2. The molecule has 1 aliphatic heterocycles. The second-order valence-electron chi connectivity index (χ2n) is 5.91. The number of hydrogen-bond acceptors (Lipinski definition) is 6. The molecule has 1 saturated heterocycles. The summed E-state index contributed by atoms with van der Waals surface area (Å²) in [6.07, 6.45) is -0.337. The molecule has 25 heavy (non-hydrogen) atoms. The Morgan fingerprint density at radius 3 is 2.56 bits per heavy atom. The minimum Gasteiger partial charge on any atom is -0.445 e. The van der Waals surface area contributed by atoms with E-state index in [0.717, 1.165) is 17.0 Å². The molecule has 1 aromatic heterocycles. The van der Waals surface area contributed by atoms with Crippen LogP contribution in [0.4, 0.5) is 10.7 Å². The summed E-state index contributed by atoms with van der Waals surface area (Å²) in [5.74, 6) is 0.525. The topological polar surface area (TPSA) is 67.8 Å². The summed E-state index contributed by atoms with van der Waals surface area (Å²) in [7, 11) is 0. The molecule has 1 amide bonds. The number of ether oxygens (including phenoxy) is 1. The number of amides is 1. The fourth-order valence-corrected chi connectivity index (χ4v) is 2.62. The summed E-state index contributed by atoms with van der Waals surface area (Å²) < 4.78 is 5.38. The molecule has 1 fully saturated rings. The monoisotopic (exact) mass is 342 g/mol. The SMILES string of the molecule is Cc1cc(C)nc(N2CCN(C(=O)OCc3ccccc3)CCO2)n1. The summed E-state index contributed by atoms with van der Waals surface area (Å²) in [6.45, 7) is 5.92. The Labute approximate surface area is 147 Å². The highest BCUT2D eigenvalue weighted by Crippen LogP contribution is 2.13. The van der Waals surface area contributed by atoms with Crippen LogP contribution in [-0.2, 0) is 16.2 Å². The van der Waals surface area contributed by atoms with E-state index in [9.17, 15) is 4.79 Å². The van der Waals surface area contributed by atoms with Gasteiger partial charge in [-0.25, -0.2) is 19.8 Å². The van der Waals surface area contributed by atoms with Crippen LogP contribution in [0.5, 0.6) is 0 Å². The normalized spacial score (nSPS) is 15.0. The van der Waals surface area contributed by atoms with Crippen molar-refractivity contribution in [3.05, 3.63) is 53.3 Å². The highest BCUT2D eigenvalue weighted by molar-refractivity contribution is 5.67. The Morgan fingerprint density at radius 1 is 1.12 bits per heavy atom. The number of rotatable bonds is 3. The molecule has 132 valence electrons. The zero-order valence-corrected chi connectivity index (χ0v) is 14.5. The van der Waals surface area contributed by atoms with Crippen LogP contribution in [-0.4, -0.2) is 47.2 Å². The Bertz CT molecular complexity index is 703. The molecule has 3 rings (SSSR count). The number of hydroxylamine groups is 1. The second-order valence-corrected chi connectivity index (χ2v) is 5.91. The number of carbonyl (C=O) groups is 1. The Balaban J connectivity index is 1.56. The highest BCUT2D eigenvalue weighted by Gasteiger charge is 2.22. The summed E-state index contributed by atoms with van der Waals surface area (Å²) in [6, 6.07) is 11.5. The quantitative estimate of drug-likeness (QED) is 0.854. The van der Waals surface area contributed by atoms with Crippen molar-refractivity contribution in [3.8, 4) is 0 Å². The lowest BCUT2D eigenvalue weighted by molar-refractivity contribution is 0.0872. The predicted octanol–water partition coefficient (Wildman–Crippen LogP) is 2.48. The number of carbonyl (C=O) groups excluding carboxylic acids is 1. The van der Waals surface area contributed by atoms with E-state index in [-0.39, 0.29) is 12.7 Å². The first-order valence-electron chi connectivity index (χ1n) is 8.30. The van der Waals surface area contributed by atoms with Crippen molar-refractivity contribution in [2.24, 2.45) is 0 Å². The van der Waals surface area contributed by atoms with E-state index >= 15 is 0 Å². The number of nitrogens with zero attached hydrogens (tertiary/aromatic N) is 4. The zero-order chi connectivity index (χ0) is 17.6. The fourth-order valence-electron chi connectivity index (χ4n) is 2.62. The van der Waals surface area contributed by atoms with Gasteiger partial charge in [0, 0.05) is 17.9 Å². The molecule has 0 atom stereocenters. The number of aryl methyl sites for hydroxylation is 2. The van der Waals surface area contributed by atoms with Gasteiger partial charge in [0.25, 0.3) is 0 Å². The molecule has 0 radical (unpaired) electrons. The molecule has 0 unspecified atom stereocenters. The first-order valence-corrected chi connectivity index (χ1v) is 8.30. The van der Waals surface area contributed by atoms with E-state index in [1.54, 1.807) is 9.96 Å². The maximum Gasteiger partial charge on any atom is 0.410 e. The maximum atomic E-state index is 12.3. The predicted molar refractivity (Wildman–Crippen MR) is 93.0 cm³/mol. The Kier molecular flexibility index (Phi) is 5.45. The average molecular weight is 342 g/mol. The van der Waals surface area contributed by atoms with Crippen molar-refractivity contribution in [2.75, 3.05) is 31.3 Å². The van der Waals surface area contributed by atoms with Crippen molar-refractivity contribution in [3.63, 3.8) is 0 Å². The Hall–Kier alpha value is -2.67. The third-order valence-corrected chi connectivity index (χ3v) is 3.84. The van der Waals surface area contributed by atoms with Gasteiger partial charge >= 0.3 is 6.09 Å². The fraction of sp³-hybridized carbons (Fsp3) is 0.389. The van der Waals surface area contributed by atoms with Crippen LogP contribution in [0.3, 0.4) is 0 Å². The van der Waals surface area contributed by atoms with Crippen molar-refractivity contribution in [1.29, 1.82) is 0 Å². The molecule has 0 N–H and O–H groups in total. The van der Waals surface area contributed by atoms with Gasteiger partial charge in [-0.3, -0.25) is 4.84 Å². The van der Waals surface area contributed by atoms with E-state index in [1.807, 2.05) is 50.2 Å². The minimum absolute atomic E-state index is 0.265. The van der Waals surface area contributed by atoms with Gasteiger partial charge < -0.3 is 9.64 Å². The first-order chi connectivity index (χ1) is 12.1. The van der Waals surface area contributed by atoms with Crippen LogP contribution in [0.25, 0.3) is 0 Å². The van der Waals surface area contributed by atoms with Gasteiger partial charge in [-0.15, -0.1) is 0 Å². The lowest BCUT2D eigenvalue weighted by Crippen LogP contribution is -2.36. The summed E-state index contributed by atoms with van der Waals surface area (Å²) in [5.41, 5.74) is 2.73. The molecule has 7 heteroatoms. The van der Waals surface area contributed by atoms with Gasteiger partial charge in [0.2, 0.25) is 5.95 Å². The first kappa shape index (κ1) is 17.2. The summed E-state index contributed by atoms with van der Waals surface area (Å²) >= 11 is 0. The van der Waals surface area contributed by atoms with Gasteiger partial charge in [-0.2, -0.15) is 0 Å². The second kappa shape index (κ2) is 7.94. The number of aromatic nitrogens is 2. The van der Waals surface area contributed by atoms with Gasteiger partial charge in [-0.1, -0.05) is 30.3 Å². The molecule has 0 saturated carbocycles. The molecule has 0 spiro atoms. The standard InChI is InChI=1S/C18H22N4O3/c1-14-12-15(2)20-17(19-14)22-9-8-21(10-11-25-22)18(23)24-13-16-6-4-3-5-7-16/h3-7,12H,8-11,13H2,1-2H3. The smallest absolute Gasteiger partial charge is 0.410 e. The minimum atomic E-state index is -0.337. The zero-order valence-electron chi connectivity index (χ0n) is 14.5. The van der Waals surface area contributed by atoms with E-state index in [4.69, 9.17) is 9.57 Å².